The fourth-order valence-corrected chi connectivity index (χ4v) is 3.15. The molecule has 9 heteroatoms. The molecule has 0 unspecified atom stereocenters. The number of aliphatic carboxylic acids is 1. The molecule has 1 N–H and O–H groups in total. The SMILES string of the molecule is Cc1nc(S/C(=C\c2ccc(-c3cccc(C(=O)[O-])c3C)o2)C(=O)[O-])n[nH]1. The van der Waals surface area contributed by atoms with E-state index in [1.54, 1.807) is 38.1 Å². The molecule has 1 aromatic carbocycles. The molecule has 0 bridgehead atoms. The monoisotopic (exact) mass is 383 g/mol. The van der Waals surface area contributed by atoms with E-state index < -0.39 is 11.9 Å². The molecule has 0 amide bonds. The molecule has 2 aromatic heterocycles. The Kier molecular flexibility index (Phi) is 5.13. The van der Waals surface area contributed by atoms with Gasteiger partial charge in [-0.1, -0.05) is 18.2 Å². The summed E-state index contributed by atoms with van der Waals surface area (Å²) in [6, 6.07) is 7.94. The third kappa shape index (κ3) is 4.09. The lowest BCUT2D eigenvalue weighted by molar-refractivity contribution is -0.298. The number of aromatic carboxylic acids is 1. The van der Waals surface area contributed by atoms with Gasteiger partial charge in [-0.3, -0.25) is 5.10 Å². The lowest BCUT2D eigenvalue weighted by Crippen LogP contribution is -2.23. The van der Waals surface area contributed by atoms with Crippen molar-refractivity contribution in [2.45, 2.75) is 19.0 Å². The van der Waals surface area contributed by atoms with Crippen LogP contribution in [0.2, 0.25) is 0 Å². The molecule has 2 heterocycles. The number of nitrogens with one attached hydrogen (secondary N) is 1. The zero-order valence-electron chi connectivity index (χ0n) is 14.3. The Bertz CT molecular complexity index is 1050. The van der Waals surface area contributed by atoms with Crippen molar-refractivity contribution in [2.24, 2.45) is 0 Å². The summed E-state index contributed by atoms with van der Waals surface area (Å²) in [5.41, 5.74) is 1.13. The number of carboxylic acids is 2. The van der Waals surface area contributed by atoms with Crippen molar-refractivity contribution in [3.8, 4) is 11.3 Å². The first kappa shape index (κ1) is 18.5. The fraction of sp³-hybridized carbons (Fsp3) is 0.111. The summed E-state index contributed by atoms with van der Waals surface area (Å²) in [7, 11) is 0. The fourth-order valence-electron chi connectivity index (χ4n) is 2.42. The Balaban J connectivity index is 1.92. The molecule has 0 saturated carbocycles. The Morgan fingerprint density at radius 2 is 1.96 bits per heavy atom. The van der Waals surface area contributed by atoms with Crippen LogP contribution in [0.25, 0.3) is 17.4 Å². The Morgan fingerprint density at radius 1 is 1.19 bits per heavy atom. The van der Waals surface area contributed by atoms with Crippen LogP contribution in [0.5, 0.6) is 0 Å². The van der Waals surface area contributed by atoms with Crippen LogP contribution in [0.1, 0.15) is 27.5 Å². The number of carbonyl (C=O) groups is 2. The van der Waals surface area contributed by atoms with Gasteiger partial charge in [0, 0.05) is 16.0 Å². The van der Waals surface area contributed by atoms with Gasteiger partial charge >= 0.3 is 0 Å². The van der Waals surface area contributed by atoms with E-state index in [1.165, 1.54) is 12.1 Å². The van der Waals surface area contributed by atoms with Gasteiger partial charge in [0.2, 0.25) is 5.16 Å². The third-order valence-corrected chi connectivity index (χ3v) is 4.57. The zero-order chi connectivity index (χ0) is 19.6. The molecule has 0 aliphatic carbocycles. The average Bonchev–Trinajstić information content (AvgIpc) is 3.23. The molecule has 8 nitrogen and oxygen atoms in total. The van der Waals surface area contributed by atoms with Crippen LogP contribution in [0.15, 0.2) is 44.8 Å². The van der Waals surface area contributed by atoms with E-state index in [0.29, 0.717) is 22.7 Å². The second-order valence-electron chi connectivity index (χ2n) is 5.57. The number of aromatic amines is 1. The Labute approximate surface area is 157 Å². The van der Waals surface area contributed by atoms with E-state index in [1.807, 2.05) is 0 Å². The average molecular weight is 383 g/mol. The summed E-state index contributed by atoms with van der Waals surface area (Å²) in [6.07, 6.45) is 1.30. The maximum absolute atomic E-state index is 11.4. The summed E-state index contributed by atoms with van der Waals surface area (Å²) in [6.45, 7) is 3.34. The van der Waals surface area contributed by atoms with Gasteiger partial charge in [-0.25, -0.2) is 4.98 Å². The van der Waals surface area contributed by atoms with Crippen molar-refractivity contribution in [3.05, 3.63) is 57.9 Å². The summed E-state index contributed by atoms with van der Waals surface area (Å²) in [5.74, 6) is -1.45. The predicted octanol–water partition coefficient (Wildman–Crippen LogP) is 0.928. The topological polar surface area (TPSA) is 135 Å². The van der Waals surface area contributed by atoms with Gasteiger partial charge in [-0.05, 0) is 49.4 Å². The number of thioether (sulfide) groups is 1. The molecule has 0 aliphatic heterocycles. The van der Waals surface area contributed by atoms with E-state index in [4.69, 9.17) is 4.42 Å². The number of nitrogens with zero attached hydrogens (tertiary/aromatic N) is 2. The molecule has 27 heavy (non-hydrogen) atoms. The number of hydrogen-bond donors (Lipinski definition) is 1. The van der Waals surface area contributed by atoms with Gasteiger partial charge in [-0.2, -0.15) is 0 Å². The van der Waals surface area contributed by atoms with Crippen LogP contribution in [-0.4, -0.2) is 27.1 Å². The quantitative estimate of drug-likeness (QED) is 0.490. The molecule has 3 rings (SSSR count). The van der Waals surface area contributed by atoms with E-state index in [0.717, 1.165) is 11.8 Å². The molecule has 0 saturated heterocycles. The number of aryl methyl sites for hydroxylation is 1. The van der Waals surface area contributed by atoms with Gasteiger partial charge in [0.25, 0.3) is 0 Å². The second-order valence-corrected chi connectivity index (χ2v) is 6.58. The smallest absolute Gasteiger partial charge is 0.213 e. The van der Waals surface area contributed by atoms with Gasteiger partial charge < -0.3 is 24.2 Å². The molecule has 0 spiro atoms. The molecule has 3 aromatic rings. The van der Waals surface area contributed by atoms with Crippen LogP contribution in [0, 0.1) is 13.8 Å². The maximum Gasteiger partial charge on any atom is 0.213 e. The van der Waals surface area contributed by atoms with Gasteiger partial charge in [0.1, 0.15) is 17.3 Å². The van der Waals surface area contributed by atoms with E-state index in [9.17, 15) is 19.8 Å². The minimum atomic E-state index is -1.39. The highest BCUT2D eigenvalue weighted by molar-refractivity contribution is 8.04. The lowest BCUT2D eigenvalue weighted by atomic mass is 10.0. The van der Waals surface area contributed by atoms with Crippen LogP contribution < -0.4 is 10.2 Å². The minimum absolute atomic E-state index is 0.0620. The zero-order valence-corrected chi connectivity index (χ0v) is 15.1. The van der Waals surface area contributed by atoms with Crippen molar-refractivity contribution >= 4 is 29.8 Å². The van der Waals surface area contributed by atoms with Crippen LogP contribution in [0.4, 0.5) is 0 Å². The third-order valence-electron chi connectivity index (χ3n) is 3.70. The van der Waals surface area contributed by atoms with Crippen molar-refractivity contribution < 1.29 is 24.2 Å². The lowest BCUT2D eigenvalue weighted by Gasteiger charge is -2.10. The highest BCUT2D eigenvalue weighted by Gasteiger charge is 2.12. The van der Waals surface area contributed by atoms with Crippen LogP contribution in [-0.2, 0) is 4.79 Å². The van der Waals surface area contributed by atoms with Crippen LogP contribution >= 0.6 is 11.8 Å². The summed E-state index contributed by atoms with van der Waals surface area (Å²) in [5, 5.41) is 29.3. The maximum atomic E-state index is 11.4. The summed E-state index contributed by atoms with van der Waals surface area (Å²) in [4.78, 5) is 26.5. The number of benzene rings is 1. The first-order chi connectivity index (χ1) is 12.8. The van der Waals surface area contributed by atoms with E-state index >= 15 is 0 Å². The number of aromatic nitrogens is 3. The highest BCUT2D eigenvalue weighted by atomic mass is 32.2. The highest BCUT2D eigenvalue weighted by Crippen LogP contribution is 2.30. The Hall–Kier alpha value is -3.33. The van der Waals surface area contributed by atoms with Gasteiger partial charge in [-0.15, -0.1) is 5.10 Å². The number of rotatable bonds is 6. The first-order valence-corrected chi connectivity index (χ1v) is 8.58. The normalized spacial score (nSPS) is 11.6. The standard InChI is InChI=1S/C18H15N3O5S/c1-9-12(4-3-5-13(9)16(22)23)14-7-6-11(26-14)8-15(17(24)25)27-18-19-10(2)20-21-18/h3-8H,1-2H3,(H,22,23)(H,24,25)(H,19,20,21)/p-2/b15-8-. The number of H-pyrrole nitrogens is 1. The minimum Gasteiger partial charge on any atom is -0.545 e. The van der Waals surface area contributed by atoms with E-state index in [-0.39, 0.29) is 21.4 Å². The number of furan rings is 1. The number of carboxylic acid groups (broad SMARTS) is 2. The number of carbonyl (C=O) groups excluding carboxylic acids is 2. The molecular weight excluding hydrogens is 370 g/mol. The predicted molar refractivity (Wildman–Crippen MR) is 93.2 cm³/mol. The van der Waals surface area contributed by atoms with Gasteiger partial charge in [0.15, 0.2) is 0 Å². The van der Waals surface area contributed by atoms with E-state index in [2.05, 4.69) is 15.2 Å². The van der Waals surface area contributed by atoms with Crippen molar-refractivity contribution in [1.82, 2.24) is 15.2 Å². The van der Waals surface area contributed by atoms with Crippen molar-refractivity contribution in [2.75, 3.05) is 0 Å². The molecular formula is C18H13N3O5S-2. The first-order valence-electron chi connectivity index (χ1n) is 7.76. The van der Waals surface area contributed by atoms with Crippen LogP contribution in [0.3, 0.4) is 0 Å². The van der Waals surface area contributed by atoms with Crippen molar-refractivity contribution in [3.63, 3.8) is 0 Å². The second kappa shape index (κ2) is 7.50. The molecule has 0 atom stereocenters. The summed E-state index contributed by atoms with van der Waals surface area (Å²) >= 11 is 0.827. The molecule has 0 aliphatic rings. The van der Waals surface area contributed by atoms with Gasteiger partial charge in [0.05, 0.1) is 11.9 Å². The molecule has 0 fully saturated rings. The number of hydrogen-bond acceptors (Lipinski definition) is 8. The largest absolute Gasteiger partial charge is 0.545 e. The molecule has 138 valence electrons. The Morgan fingerprint density at radius 3 is 2.59 bits per heavy atom. The van der Waals surface area contributed by atoms with Crippen molar-refractivity contribution in [1.29, 1.82) is 0 Å². The summed E-state index contributed by atoms with van der Waals surface area (Å²) < 4.78 is 5.67. The molecule has 0 radical (unpaired) electrons.